The lowest BCUT2D eigenvalue weighted by Gasteiger charge is -2.28. The predicted octanol–water partition coefficient (Wildman–Crippen LogP) is 3.33. The number of hydrogen-bond donors (Lipinski definition) is 1. The lowest BCUT2D eigenvalue weighted by atomic mass is 10.2. The van der Waals surface area contributed by atoms with Gasteiger partial charge >= 0.3 is 6.09 Å². The van der Waals surface area contributed by atoms with Crippen molar-refractivity contribution in [2.45, 2.75) is 52.2 Å². The molecule has 0 spiro atoms. The number of ether oxygens (including phenoxy) is 1. The summed E-state index contributed by atoms with van der Waals surface area (Å²) in [6.45, 7) is 7.99. The molecular weight excluding hydrogens is 280 g/mol. The van der Waals surface area contributed by atoms with E-state index in [9.17, 15) is 9.59 Å². The SMILES string of the molecule is Cc1cccc(NC(=O)[C@H]2CCCN2C(=O)OC(C)(C)C)c1. The summed E-state index contributed by atoms with van der Waals surface area (Å²) < 4.78 is 5.38. The Kier molecular flexibility index (Phi) is 4.74. The molecule has 1 aromatic carbocycles. The Hall–Kier alpha value is -2.04. The number of aryl methyl sites for hydroxylation is 1. The second-order valence-corrected chi connectivity index (χ2v) is 6.69. The Labute approximate surface area is 131 Å². The van der Waals surface area contributed by atoms with E-state index in [2.05, 4.69) is 5.32 Å². The molecule has 0 aromatic heterocycles. The first-order valence-corrected chi connectivity index (χ1v) is 7.63. The molecule has 0 bridgehead atoms. The number of nitrogens with one attached hydrogen (secondary N) is 1. The largest absolute Gasteiger partial charge is 0.444 e. The highest BCUT2D eigenvalue weighted by molar-refractivity contribution is 5.96. The summed E-state index contributed by atoms with van der Waals surface area (Å²) in [4.78, 5) is 26.2. The molecule has 0 radical (unpaired) electrons. The molecule has 120 valence electrons. The molecule has 22 heavy (non-hydrogen) atoms. The summed E-state index contributed by atoms with van der Waals surface area (Å²) in [5.74, 6) is -0.158. The summed E-state index contributed by atoms with van der Waals surface area (Å²) in [6, 6.07) is 7.15. The molecule has 1 aliphatic rings. The summed E-state index contributed by atoms with van der Waals surface area (Å²) in [5.41, 5.74) is 1.27. The van der Waals surface area contributed by atoms with Gasteiger partial charge in [-0.2, -0.15) is 0 Å². The molecule has 1 atom stereocenters. The number of amides is 2. The van der Waals surface area contributed by atoms with Gasteiger partial charge in [0.05, 0.1) is 0 Å². The van der Waals surface area contributed by atoms with Crippen LogP contribution in [-0.2, 0) is 9.53 Å². The Balaban J connectivity index is 2.03. The van der Waals surface area contributed by atoms with Crippen LogP contribution in [0.2, 0.25) is 0 Å². The average molecular weight is 304 g/mol. The third-order valence-electron chi connectivity index (χ3n) is 3.47. The quantitative estimate of drug-likeness (QED) is 0.911. The van der Waals surface area contributed by atoms with Crippen LogP contribution in [0.5, 0.6) is 0 Å². The van der Waals surface area contributed by atoms with Crippen molar-refractivity contribution in [3.8, 4) is 0 Å². The van der Waals surface area contributed by atoms with Crippen molar-refractivity contribution in [3.63, 3.8) is 0 Å². The molecule has 5 heteroatoms. The maximum atomic E-state index is 12.4. The zero-order valence-electron chi connectivity index (χ0n) is 13.7. The lowest BCUT2D eigenvalue weighted by Crippen LogP contribution is -2.45. The van der Waals surface area contributed by atoms with E-state index in [0.29, 0.717) is 13.0 Å². The lowest BCUT2D eigenvalue weighted by molar-refractivity contribution is -0.120. The summed E-state index contributed by atoms with van der Waals surface area (Å²) in [7, 11) is 0. The average Bonchev–Trinajstić information content (AvgIpc) is 2.85. The highest BCUT2D eigenvalue weighted by Gasteiger charge is 2.36. The monoisotopic (exact) mass is 304 g/mol. The van der Waals surface area contributed by atoms with Crippen molar-refractivity contribution >= 4 is 17.7 Å². The van der Waals surface area contributed by atoms with Crippen molar-refractivity contribution in [3.05, 3.63) is 29.8 Å². The first kappa shape index (κ1) is 16.3. The van der Waals surface area contributed by atoms with Crippen LogP contribution in [0.25, 0.3) is 0 Å². The highest BCUT2D eigenvalue weighted by atomic mass is 16.6. The van der Waals surface area contributed by atoms with Gasteiger partial charge in [-0.25, -0.2) is 4.79 Å². The van der Waals surface area contributed by atoms with E-state index in [1.54, 1.807) is 0 Å². The zero-order valence-corrected chi connectivity index (χ0v) is 13.7. The van der Waals surface area contributed by atoms with Gasteiger partial charge in [0.2, 0.25) is 5.91 Å². The third-order valence-corrected chi connectivity index (χ3v) is 3.47. The molecule has 1 heterocycles. The molecule has 2 rings (SSSR count). The molecule has 0 saturated carbocycles. The van der Waals surface area contributed by atoms with Gasteiger partial charge in [0.1, 0.15) is 11.6 Å². The number of hydrogen-bond acceptors (Lipinski definition) is 3. The van der Waals surface area contributed by atoms with Crippen LogP contribution < -0.4 is 5.32 Å². The molecular formula is C17H24N2O3. The standard InChI is InChI=1S/C17H24N2O3/c1-12-7-5-8-13(11-12)18-15(20)14-9-6-10-19(14)16(21)22-17(2,3)4/h5,7-8,11,14H,6,9-10H2,1-4H3,(H,18,20)/t14-/m1/s1. The highest BCUT2D eigenvalue weighted by Crippen LogP contribution is 2.22. The van der Waals surface area contributed by atoms with Gasteiger partial charge in [-0.3, -0.25) is 9.69 Å². The second kappa shape index (κ2) is 6.38. The Bertz CT molecular complexity index is 563. The van der Waals surface area contributed by atoms with Gasteiger partial charge < -0.3 is 10.1 Å². The van der Waals surface area contributed by atoms with Crippen molar-refractivity contribution in [1.29, 1.82) is 0 Å². The van der Waals surface area contributed by atoms with E-state index in [-0.39, 0.29) is 5.91 Å². The van der Waals surface area contributed by atoms with Gasteiger partial charge in [0.25, 0.3) is 0 Å². The van der Waals surface area contributed by atoms with E-state index in [0.717, 1.165) is 17.7 Å². The fourth-order valence-electron chi connectivity index (χ4n) is 2.53. The second-order valence-electron chi connectivity index (χ2n) is 6.69. The van der Waals surface area contributed by atoms with Crippen LogP contribution >= 0.6 is 0 Å². The molecule has 0 unspecified atom stereocenters. The molecule has 2 amide bonds. The summed E-state index contributed by atoms with van der Waals surface area (Å²) in [5, 5.41) is 2.88. The minimum atomic E-state index is -0.558. The first-order chi connectivity index (χ1) is 10.3. The third kappa shape index (κ3) is 4.23. The van der Waals surface area contributed by atoms with Crippen LogP contribution in [0.1, 0.15) is 39.2 Å². The van der Waals surface area contributed by atoms with Gasteiger partial charge in [-0.15, -0.1) is 0 Å². The zero-order chi connectivity index (χ0) is 16.3. The minimum Gasteiger partial charge on any atom is -0.444 e. The Morgan fingerprint density at radius 1 is 1.32 bits per heavy atom. The van der Waals surface area contributed by atoms with E-state index in [4.69, 9.17) is 4.74 Å². The Morgan fingerprint density at radius 3 is 2.68 bits per heavy atom. The van der Waals surface area contributed by atoms with E-state index in [1.165, 1.54) is 4.90 Å². The minimum absolute atomic E-state index is 0.158. The van der Waals surface area contributed by atoms with E-state index in [1.807, 2.05) is 52.0 Å². The molecule has 1 saturated heterocycles. The van der Waals surface area contributed by atoms with Crippen LogP contribution in [0.4, 0.5) is 10.5 Å². The summed E-state index contributed by atoms with van der Waals surface area (Å²) >= 11 is 0. The normalized spacial score (nSPS) is 18.2. The molecule has 1 aliphatic heterocycles. The van der Waals surface area contributed by atoms with Gasteiger partial charge in [-0.1, -0.05) is 12.1 Å². The topological polar surface area (TPSA) is 58.6 Å². The number of rotatable bonds is 2. The van der Waals surface area contributed by atoms with E-state index >= 15 is 0 Å². The van der Waals surface area contributed by atoms with Gasteiger partial charge in [0.15, 0.2) is 0 Å². The van der Waals surface area contributed by atoms with Crippen LogP contribution in [0, 0.1) is 6.92 Å². The first-order valence-electron chi connectivity index (χ1n) is 7.63. The van der Waals surface area contributed by atoms with Crippen molar-refractivity contribution in [2.75, 3.05) is 11.9 Å². The van der Waals surface area contributed by atoms with Crippen molar-refractivity contribution < 1.29 is 14.3 Å². The van der Waals surface area contributed by atoms with Crippen LogP contribution in [-0.4, -0.2) is 35.1 Å². The number of anilines is 1. The number of benzene rings is 1. The number of likely N-dealkylation sites (tertiary alicyclic amines) is 1. The maximum absolute atomic E-state index is 12.4. The fourth-order valence-corrected chi connectivity index (χ4v) is 2.53. The molecule has 0 aliphatic carbocycles. The number of carbonyl (C=O) groups excluding carboxylic acids is 2. The Morgan fingerprint density at radius 2 is 2.05 bits per heavy atom. The van der Waals surface area contributed by atoms with Gasteiger partial charge in [0, 0.05) is 12.2 Å². The molecule has 1 N–H and O–H groups in total. The van der Waals surface area contributed by atoms with Crippen molar-refractivity contribution in [1.82, 2.24) is 4.90 Å². The fraction of sp³-hybridized carbons (Fsp3) is 0.529. The summed E-state index contributed by atoms with van der Waals surface area (Å²) in [6.07, 6.45) is 1.05. The van der Waals surface area contributed by atoms with Gasteiger partial charge in [-0.05, 0) is 58.2 Å². The van der Waals surface area contributed by atoms with Crippen LogP contribution in [0.15, 0.2) is 24.3 Å². The van der Waals surface area contributed by atoms with Crippen molar-refractivity contribution in [2.24, 2.45) is 0 Å². The van der Waals surface area contributed by atoms with E-state index < -0.39 is 17.7 Å². The molecule has 5 nitrogen and oxygen atoms in total. The maximum Gasteiger partial charge on any atom is 0.410 e. The number of nitrogens with zero attached hydrogens (tertiary/aromatic N) is 1. The smallest absolute Gasteiger partial charge is 0.410 e. The predicted molar refractivity (Wildman–Crippen MR) is 85.8 cm³/mol. The molecule has 1 fully saturated rings. The number of carbonyl (C=O) groups is 2. The van der Waals surface area contributed by atoms with Crippen LogP contribution in [0.3, 0.4) is 0 Å². The molecule has 1 aromatic rings.